The topological polar surface area (TPSA) is 42.8 Å². The van der Waals surface area contributed by atoms with Crippen molar-refractivity contribution < 1.29 is 9.47 Å². The Bertz CT molecular complexity index is 709. The molecule has 0 unspecified atom stereocenters. The number of hydrazone groups is 1. The second-order valence-electron chi connectivity index (χ2n) is 5.52. The molecule has 0 saturated carbocycles. The fourth-order valence-electron chi connectivity index (χ4n) is 2.27. The van der Waals surface area contributed by atoms with E-state index in [1.807, 2.05) is 25.1 Å². The second kappa shape index (κ2) is 7.68. The van der Waals surface area contributed by atoms with Crippen LogP contribution < -0.4 is 14.9 Å². The van der Waals surface area contributed by atoms with Crippen LogP contribution in [0.2, 0.25) is 0 Å². The Labute approximate surface area is 138 Å². The molecule has 0 spiro atoms. The molecular weight excluding hydrogens is 288 g/mol. The maximum absolute atomic E-state index is 5.31. The van der Waals surface area contributed by atoms with Crippen molar-refractivity contribution in [3.8, 4) is 11.5 Å². The van der Waals surface area contributed by atoms with Crippen molar-refractivity contribution in [3.05, 3.63) is 58.7 Å². The molecule has 0 aromatic heterocycles. The van der Waals surface area contributed by atoms with Gasteiger partial charge in [0, 0.05) is 0 Å². The normalized spacial score (nSPS) is 11.3. The van der Waals surface area contributed by atoms with Crippen LogP contribution in [0.15, 0.2) is 41.5 Å². The largest absolute Gasteiger partial charge is 0.493 e. The first kappa shape index (κ1) is 16.9. The zero-order valence-electron chi connectivity index (χ0n) is 14.4. The quantitative estimate of drug-likeness (QED) is 0.651. The summed E-state index contributed by atoms with van der Waals surface area (Å²) in [6.07, 6.45) is 0. The molecule has 0 radical (unpaired) electrons. The van der Waals surface area contributed by atoms with E-state index in [9.17, 15) is 0 Å². The lowest BCUT2D eigenvalue weighted by Gasteiger charge is -2.10. The van der Waals surface area contributed by atoms with E-state index >= 15 is 0 Å². The zero-order chi connectivity index (χ0) is 16.8. The Hall–Kier alpha value is -2.49. The molecule has 122 valence electrons. The summed E-state index contributed by atoms with van der Waals surface area (Å²) >= 11 is 0. The van der Waals surface area contributed by atoms with E-state index in [4.69, 9.17) is 9.47 Å². The summed E-state index contributed by atoms with van der Waals surface area (Å²) in [5.41, 5.74) is 8.86. The van der Waals surface area contributed by atoms with Crippen LogP contribution in [-0.4, -0.2) is 19.9 Å². The van der Waals surface area contributed by atoms with Gasteiger partial charge in [0.2, 0.25) is 0 Å². The van der Waals surface area contributed by atoms with Crippen LogP contribution in [-0.2, 0) is 6.54 Å². The van der Waals surface area contributed by atoms with Gasteiger partial charge in [-0.2, -0.15) is 5.10 Å². The summed E-state index contributed by atoms with van der Waals surface area (Å²) in [5, 5.41) is 4.45. The molecule has 0 fully saturated rings. The number of aryl methyl sites for hydroxylation is 2. The molecule has 0 bridgehead atoms. The Morgan fingerprint density at radius 1 is 0.957 bits per heavy atom. The molecule has 0 heterocycles. The van der Waals surface area contributed by atoms with Crippen LogP contribution in [0, 0.1) is 13.8 Å². The monoisotopic (exact) mass is 312 g/mol. The standard InChI is InChI=1S/C19H24N2O2/c1-13-6-8-17(10-14(13)2)15(3)21-20-12-16-7-9-18(22-4)19(11-16)23-5/h6-11,20H,12H2,1-5H3/b21-15-. The average Bonchev–Trinajstić information content (AvgIpc) is 2.57. The lowest BCUT2D eigenvalue weighted by atomic mass is 10.0. The van der Waals surface area contributed by atoms with Crippen molar-refractivity contribution in [3.63, 3.8) is 0 Å². The van der Waals surface area contributed by atoms with Gasteiger partial charge in [-0.1, -0.05) is 18.2 Å². The Balaban J connectivity index is 2.04. The first-order chi connectivity index (χ1) is 11.0. The predicted octanol–water partition coefficient (Wildman–Crippen LogP) is 3.83. The van der Waals surface area contributed by atoms with E-state index < -0.39 is 0 Å². The third kappa shape index (κ3) is 4.25. The first-order valence-corrected chi connectivity index (χ1v) is 7.61. The van der Waals surface area contributed by atoms with E-state index in [2.05, 4.69) is 42.6 Å². The number of methoxy groups -OCH3 is 2. The number of hydrogen-bond acceptors (Lipinski definition) is 4. The molecule has 0 amide bonds. The van der Waals surface area contributed by atoms with E-state index in [1.165, 1.54) is 11.1 Å². The molecule has 2 aromatic rings. The van der Waals surface area contributed by atoms with Gasteiger partial charge in [0.1, 0.15) is 0 Å². The van der Waals surface area contributed by atoms with Gasteiger partial charge < -0.3 is 14.9 Å². The highest BCUT2D eigenvalue weighted by atomic mass is 16.5. The van der Waals surface area contributed by atoms with E-state index in [1.54, 1.807) is 14.2 Å². The van der Waals surface area contributed by atoms with Gasteiger partial charge in [0.15, 0.2) is 11.5 Å². The fraction of sp³-hybridized carbons (Fsp3) is 0.316. The van der Waals surface area contributed by atoms with E-state index in [0.717, 1.165) is 28.3 Å². The first-order valence-electron chi connectivity index (χ1n) is 7.61. The molecule has 0 aliphatic rings. The van der Waals surface area contributed by atoms with Crippen LogP contribution in [0.4, 0.5) is 0 Å². The fourth-order valence-corrected chi connectivity index (χ4v) is 2.27. The molecule has 2 rings (SSSR count). The van der Waals surface area contributed by atoms with Gasteiger partial charge >= 0.3 is 0 Å². The summed E-state index contributed by atoms with van der Waals surface area (Å²) in [6, 6.07) is 12.2. The third-order valence-corrected chi connectivity index (χ3v) is 3.90. The van der Waals surface area contributed by atoms with Gasteiger partial charge in [-0.05, 0) is 61.2 Å². The van der Waals surface area contributed by atoms with Crippen molar-refractivity contribution in [2.75, 3.05) is 14.2 Å². The Morgan fingerprint density at radius 3 is 2.35 bits per heavy atom. The van der Waals surface area contributed by atoms with Gasteiger partial charge in [-0.15, -0.1) is 0 Å². The Morgan fingerprint density at radius 2 is 1.70 bits per heavy atom. The summed E-state index contributed by atoms with van der Waals surface area (Å²) in [7, 11) is 3.27. The second-order valence-corrected chi connectivity index (χ2v) is 5.52. The van der Waals surface area contributed by atoms with Gasteiger partial charge in [-0.25, -0.2) is 0 Å². The zero-order valence-corrected chi connectivity index (χ0v) is 14.4. The SMILES string of the molecule is COc1ccc(CN/N=C(/C)c2ccc(C)c(C)c2)cc1OC. The molecule has 4 heteroatoms. The number of nitrogens with one attached hydrogen (secondary N) is 1. The summed E-state index contributed by atoms with van der Waals surface area (Å²) in [5.74, 6) is 1.45. The van der Waals surface area contributed by atoms with Gasteiger partial charge in [0.25, 0.3) is 0 Å². The highest BCUT2D eigenvalue weighted by molar-refractivity contribution is 5.98. The number of rotatable bonds is 6. The van der Waals surface area contributed by atoms with Crippen LogP contribution in [0.25, 0.3) is 0 Å². The predicted molar refractivity (Wildman–Crippen MR) is 94.5 cm³/mol. The van der Waals surface area contributed by atoms with Crippen LogP contribution >= 0.6 is 0 Å². The number of benzene rings is 2. The third-order valence-electron chi connectivity index (χ3n) is 3.90. The smallest absolute Gasteiger partial charge is 0.161 e. The van der Waals surface area contributed by atoms with E-state index in [-0.39, 0.29) is 0 Å². The molecule has 0 aliphatic carbocycles. The molecule has 4 nitrogen and oxygen atoms in total. The van der Waals surface area contributed by atoms with Gasteiger partial charge in [-0.3, -0.25) is 0 Å². The molecule has 0 aliphatic heterocycles. The van der Waals surface area contributed by atoms with Crippen molar-refractivity contribution >= 4 is 5.71 Å². The molecule has 0 atom stereocenters. The minimum Gasteiger partial charge on any atom is -0.493 e. The molecule has 0 saturated heterocycles. The average molecular weight is 312 g/mol. The van der Waals surface area contributed by atoms with Crippen molar-refractivity contribution in [1.82, 2.24) is 5.43 Å². The number of hydrogen-bond donors (Lipinski definition) is 1. The lowest BCUT2D eigenvalue weighted by molar-refractivity contribution is 0.354. The van der Waals surface area contributed by atoms with Crippen LogP contribution in [0.5, 0.6) is 11.5 Å². The highest BCUT2D eigenvalue weighted by Gasteiger charge is 2.04. The summed E-state index contributed by atoms with van der Waals surface area (Å²) in [4.78, 5) is 0. The van der Waals surface area contributed by atoms with Crippen molar-refractivity contribution in [2.24, 2.45) is 5.10 Å². The van der Waals surface area contributed by atoms with Gasteiger partial charge in [0.05, 0.1) is 26.5 Å². The van der Waals surface area contributed by atoms with Crippen LogP contribution in [0.3, 0.4) is 0 Å². The lowest BCUT2D eigenvalue weighted by Crippen LogP contribution is -2.09. The number of ether oxygens (including phenoxy) is 2. The number of nitrogens with zero attached hydrogens (tertiary/aromatic N) is 1. The minimum absolute atomic E-state index is 0.628. The Kier molecular flexibility index (Phi) is 5.63. The minimum atomic E-state index is 0.628. The van der Waals surface area contributed by atoms with Crippen molar-refractivity contribution in [2.45, 2.75) is 27.3 Å². The van der Waals surface area contributed by atoms with Crippen LogP contribution in [0.1, 0.15) is 29.2 Å². The molecule has 1 N–H and O–H groups in total. The molecule has 23 heavy (non-hydrogen) atoms. The summed E-state index contributed by atoms with van der Waals surface area (Å²) in [6.45, 7) is 6.86. The molecular formula is C19H24N2O2. The summed E-state index contributed by atoms with van der Waals surface area (Å²) < 4.78 is 10.5. The van der Waals surface area contributed by atoms with E-state index in [0.29, 0.717) is 6.54 Å². The van der Waals surface area contributed by atoms with Crippen molar-refractivity contribution in [1.29, 1.82) is 0 Å². The molecule has 2 aromatic carbocycles. The maximum Gasteiger partial charge on any atom is 0.161 e. The highest BCUT2D eigenvalue weighted by Crippen LogP contribution is 2.27. The maximum atomic E-state index is 5.31.